The SMILES string of the molecule is COc1ccccc1/C=C1/C(=O)NC(=O)N(c2ccc(OCc3ccc(Cl)cc3)cc2)C1=O. The average Bonchev–Trinajstić information content (AvgIpc) is 2.82. The molecule has 1 fully saturated rings. The van der Waals surface area contributed by atoms with Crippen LogP contribution in [0.3, 0.4) is 0 Å². The van der Waals surface area contributed by atoms with Crippen molar-refractivity contribution < 1.29 is 23.9 Å². The lowest BCUT2D eigenvalue weighted by atomic mass is 10.1. The van der Waals surface area contributed by atoms with Gasteiger partial charge in [-0.1, -0.05) is 41.9 Å². The Bertz CT molecular complexity index is 1240. The van der Waals surface area contributed by atoms with Crippen molar-refractivity contribution in [2.24, 2.45) is 0 Å². The molecule has 0 spiro atoms. The molecule has 3 aromatic rings. The Hall–Kier alpha value is -4.10. The van der Waals surface area contributed by atoms with Crippen molar-refractivity contribution in [2.45, 2.75) is 6.61 Å². The van der Waals surface area contributed by atoms with Crippen molar-refractivity contribution in [1.29, 1.82) is 0 Å². The summed E-state index contributed by atoms with van der Waals surface area (Å²) in [5, 5.41) is 2.85. The zero-order valence-corrected chi connectivity index (χ0v) is 18.3. The number of imide groups is 2. The van der Waals surface area contributed by atoms with Gasteiger partial charge in [0.2, 0.25) is 0 Å². The van der Waals surface area contributed by atoms with E-state index in [1.807, 2.05) is 12.1 Å². The number of carbonyl (C=O) groups is 3. The van der Waals surface area contributed by atoms with E-state index in [1.54, 1.807) is 60.7 Å². The number of carbonyl (C=O) groups excluding carboxylic acids is 3. The van der Waals surface area contributed by atoms with Gasteiger partial charge < -0.3 is 9.47 Å². The summed E-state index contributed by atoms with van der Waals surface area (Å²) in [6.45, 7) is 0.333. The van der Waals surface area contributed by atoms with Gasteiger partial charge in [0, 0.05) is 10.6 Å². The van der Waals surface area contributed by atoms with E-state index in [0.29, 0.717) is 34.4 Å². The van der Waals surface area contributed by atoms with Gasteiger partial charge in [0.25, 0.3) is 11.8 Å². The molecule has 0 saturated carbocycles. The van der Waals surface area contributed by atoms with E-state index in [2.05, 4.69) is 5.32 Å². The molecule has 1 heterocycles. The Labute approximate surface area is 195 Å². The van der Waals surface area contributed by atoms with Crippen molar-refractivity contribution in [2.75, 3.05) is 12.0 Å². The first kappa shape index (κ1) is 22.1. The molecule has 0 atom stereocenters. The third kappa shape index (κ3) is 4.88. The number of benzene rings is 3. The second kappa shape index (κ2) is 9.58. The molecule has 166 valence electrons. The van der Waals surface area contributed by atoms with E-state index < -0.39 is 17.8 Å². The second-order valence-corrected chi connectivity index (χ2v) is 7.55. The minimum atomic E-state index is -0.822. The lowest BCUT2D eigenvalue weighted by Gasteiger charge is -2.26. The normalized spacial score (nSPS) is 14.9. The molecular weight excluding hydrogens is 444 g/mol. The van der Waals surface area contributed by atoms with Crippen LogP contribution in [0.15, 0.2) is 78.4 Å². The van der Waals surface area contributed by atoms with E-state index in [9.17, 15) is 14.4 Å². The summed E-state index contributed by atoms with van der Waals surface area (Å²) in [5.41, 5.74) is 1.61. The zero-order chi connectivity index (χ0) is 23.4. The fourth-order valence-electron chi connectivity index (χ4n) is 3.27. The van der Waals surface area contributed by atoms with Crippen LogP contribution in [-0.2, 0) is 16.2 Å². The molecule has 0 aromatic heterocycles. The number of nitrogens with one attached hydrogen (secondary N) is 1. The van der Waals surface area contributed by atoms with Gasteiger partial charge in [0.15, 0.2) is 0 Å². The molecule has 0 bridgehead atoms. The monoisotopic (exact) mass is 462 g/mol. The fourth-order valence-corrected chi connectivity index (χ4v) is 3.40. The van der Waals surface area contributed by atoms with Crippen molar-refractivity contribution in [3.63, 3.8) is 0 Å². The van der Waals surface area contributed by atoms with Crippen LogP contribution < -0.4 is 19.7 Å². The summed E-state index contributed by atoms with van der Waals surface area (Å²) in [7, 11) is 1.49. The summed E-state index contributed by atoms with van der Waals surface area (Å²) in [4.78, 5) is 38.8. The van der Waals surface area contributed by atoms with Crippen molar-refractivity contribution in [3.8, 4) is 11.5 Å². The zero-order valence-electron chi connectivity index (χ0n) is 17.6. The molecule has 0 radical (unpaired) electrons. The minimum absolute atomic E-state index is 0.179. The predicted molar refractivity (Wildman–Crippen MR) is 124 cm³/mol. The van der Waals surface area contributed by atoms with Crippen LogP contribution in [0.1, 0.15) is 11.1 Å². The van der Waals surface area contributed by atoms with Crippen LogP contribution in [0, 0.1) is 0 Å². The highest BCUT2D eigenvalue weighted by atomic mass is 35.5. The number of halogens is 1. The number of rotatable bonds is 6. The Morgan fingerprint density at radius 3 is 2.33 bits per heavy atom. The topological polar surface area (TPSA) is 84.9 Å². The van der Waals surface area contributed by atoms with E-state index in [4.69, 9.17) is 21.1 Å². The summed E-state index contributed by atoms with van der Waals surface area (Å²) in [5.74, 6) is -0.449. The van der Waals surface area contributed by atoms with Gasteiger partial charge in [-0.3, -0.25) is 14.9 Å². The molecule has 4 amide bonds. The number of barbiturate groups is 1. The molecule has 7 nitrogen and oxygen atoms in total. The Kier molecular flexibility index (Phi) is 6.42. The molecule has 8 heteroatoms. The number of methoxy groups -OCH3 is 1. The third-order valence-corrected chi connectivity index (χ3v) is 5.21. The number of para-hydroxylation sites is 1. The van der Waals surface area contributed by atoms with Gasteiger partial charge in [-0.15, -0.1) is 0 Å². The lowest BCUT2D eigenvalue weighted by Crippen LogP contribution is -2.54. The van der Waals surface area contributed by atoms with Gasteiger partial charge >= 0.3 is 6.03 Å². The number of ether oxygens (including phenoxy) is 2. The first-order valence-electron chi connectivity index (χ1n) is 9.98. The summed E-state index contributed by atoms with van der Waals surface area (Å²) in [6, 6.07) is 19.8. The maximum absolute atomic E-state index is 13.1. The molecule has 4 rings (SSSR count). The summed E-state index contributed by atoms with van der Waals surface area (Å²) in [6.07, 6.45) is 1.40. The standard InChI is InChI=1S/C25H19ClN2O5/c1-32-22-5-3-2-4-17(22)14-21-23(29)27-25(31)28(24(21)30)19-10-12-20(13-11-19)33-15-16-6-8-18(26)9-7-16/h2-14H,15H2,1H3,(H,27,29,31)/b21-14-. The van der Waals surface area contributed by atoms with E-state index >= 15 is 0 Å². The number of hydrogen-bond donors (Lipinski definition) is 1. The summed E-state index contributed by atoms with van der Waals surface area (Å²) >= 11 is 5.89. The molecule has 1 aliphatic heterocycles. The lowest BCUT2D eigenvalue weighted by molar-refractivity contribution is -0.122. The first-order valence-corrected chi connectivity index (χ1v) is 10.4. The van der Waals surface area contributed by atoms with Gasteiger partial charge in [-0.25, -0.2) is 9.69 Å². The Balaban J connectivity index is 1.54. The third-order valence-electron chi connectivity index (χ3n) is 4.95. The van der Waals surface area contributed by atoms with E-state index in [1.165, 1.54) is 13.2 Å². The van der Waals surface area contributed by atoms with Gasteiger partial charge in [0.05, 0.1) is 12.8 Å². The highest BCUT2D eigenvalue weighted by molar-refractivity contribution is 6.39. The van der Waals surface area contributed by atoms with Crippen LogP contribution in [0.25, 0.3) is 6.08 Å². The van der Waals surface area contributed by atoms with E-state index in [-0.39, 0.29) is 5.57 Å². The molecular formula is C25H19ClN2O5. The number of anilines is 1. The van der Waals surface area contributed by atoms with Crippen LogP contribution in [0.4, 0.5) is 10.5 Å². The number of amides is 4. The van der Waals surface area contributed by atoms with Crippen LogP contribution in [-0.4, -0.2) is 25.0 Å². The smallest absolute Gasteiger partial charge is 0.335 e. The maximum atomic E-state index is 13.1. The van der Waals surface area contributed by atoms with E-state index in [0.717, 1.165) is 10.5 Å². The van der Waals surface area contributed by atoms with Crippen LogP contribution in [0.5, 0.6) is 11.5 Å². The van der Waals surface area contributed by atoms with Gasteiger partial charge in [-0.2, -0.15) is 0 Å². The Morgan fingerprint density at radius 1 is 0.939 bits per heavy atom. The minimum Gasteiger partial charge on any atom is -0.496 e. The first-order chi connectivity index (χ1) is 16.0. The summed E-state index contributed by atoms with van der Waals surface area (Å²) < 4.78 is 11.0. The van der Waals surface area contributed by atoms with Gasteiger partial charge in [-0.05, 0) is 54.1 Å². The molecule has 3 aromatic carbocycles. The number of hydrogen-bond acceptors (Lipinski definition) is 5. The largest absolute Gasteiger partial charge is 0.496 e. The number of nitrogens with zero attached hydrogens (tertiary/aromatic N) is 1. The maximum Gasteiger partial charge on any atom is 0.335 e. The average molecular weight is 463 g/mol. The molecule has 1 aliphatic rings. The molecule has 1 saturated heterocycles. The van der Waals surface area contributed by atoms with Crippen LogP contribution in [0.2, 0.25) is 5.02 Å². The molecule has 1 N–H and O–H groups in total. The van der Waals surface area contributed by atoms with Crippen LogP contribution >= 0.6 is 11.6 Å². The van der Waals surface area contributed by atoms with Crippen molar-refractivity contribution in [3.05, 3.63) is 94.5 Å². The Morgan fingerprint density at radius 2 is 1.64 bits per heavy atom. The molecule has 0 unspecified atom stereocenters. The predicted octanol–water partition coefficient (Wildman–Crippen LogP) is 4.59. The molecule has 0 aliphatic carbocycles. The van der Waals surface area contributed by atoms with Gasteiger partial charge in [0.1, 0.15) is 23.7 Å². The number of urea groups is 1. The van der Waals surface area contributed by atoms with Crippen molar-refractivity contribution in [1.82, 2.24) is 5.32 Å². The quantitative estimate of drug-likeness (QED) is 0.427. The van der Waals surface area contributed by atoms with Crippen molar-refractivity contribution >= 4 is 41.2 Å². The highest BCUT2D eigenvalue weighted by Gasteiger charge is 2.37. The fraction of sp³-hybridized carbons (Fsp3) is 0.0800. The highest BCUT2D eigenvalue weighted by Crippen LogP contribution is 2.26. The molecule has 33 heavy (non-hydrogen) atoms. The second-order valence-electron chi connectivity index (χ2n) is 7.11.